The molecule has 0 atom stereocenters. The van der Waals surface area contributed by atoms with E-state index in [0.29, 0.717) is 22.9 Å². The molecule has 3 N–H and O–H groups in total. The lowest BCUT2D eigenvalue weighted by atomic mass is 10.2. The van der Waals surface area contributed by atoms with Gasteiger partial charge in [0.05, 0.1) is 25.6 Å². The number of anilines is 2. The second kappa shape index (κ2) is 4.54. The Balaban J connectivity index is 3.15. The Morgan fingerprint density at radius 1 is 1.27 bits per heavy atom. The van der Waals surface area contributed by atoms with Gasteiger partial charge in [-0.1, -0.05) is 0 Å². The number of carbonyl (C=O) groups is 1. The van der Waals surface area contributed by atoms with E-state index in [2.05, 4.69) is 5.32 Å². The lowest BCUT2D eigenvalue weighted by Crippen LogP contribution is -2.08. The number of carbonyl (C=O) groups excluding carboxylic acids is 1. The predicted octanol–water partition coefficient (Wildman–Crippen LogP) is 1.24. The Morgan fingerprint density at radius 2 is 1.87 bits per heavy atom. The molecule has 1 amide bonds. The van der Waals surface area contributed by atoms with Crippen molar-refractivity contribution >= 4 is 17.3 Å². The molecule has 0 aromatic heterocycles. The lowest BCUT2D eigenvalue weighted by Gasteiger charge is -2.12. The average Bonchev–Trinajstić information content (AvgIpc) is 2.17. The molecule has 1 rings (SSSR count). The predicted molar refractivity (Wildman–Crippen MR) is 58.3 cm³/mol. The topological polar surface area (TPSA) is 73.6 Å². The summed E-state index contributed by atoms with van der Waals surface area (Å²) in [7, 11) is 3.03. The molecule has 0 heterocycles. The molecular formula is C10H14N2O3. The molecule has 0 saturated carbocycles. The van der Waals surface area contributed by atoms with Gasteiger partial charge in [0.15, 0.2) is 0 Å². The van der Waals surface area contributed by atoms with Crippen molar-refractivity contribution in [2.24, 2.45) is 0 Å². The number of nitrogens with one attached hydrogen (secondary N) is 1. The van der Waals surface area contributed by atoms with Crippen molar-refractivity contribution in [2.45, 2.75) is 6.92 Å². The van der Waals surface area contributed by atoms with E-state index in [1.807, 2.05) is 0 Å². The number of amides is 1. The number of nitrogens with two attached hydrogens (primary N) is 1. The molecule has 0 bridgehead atoms. The van der Waals surface area contributed by atoms with Gasteiger partial charge in [-0.25, -0.2) is 0 Å². The van der Waals surface area contributed by atoms with E-state index in [0.717, 1.165) is 0 Å². The monoisotopic (exact) mass is 210 g/mol. The van der Waals surface area contributed by atoms with Crippen LogP contribution >= 0.6 is 0 Å². The fourth-order valence-corrected chi connectivity index (χ4v) is 1.21. The molecule has 82 valence electrons. The molecule has 0 radical (unpaired) electrons. The quantitative estimate of drug-likeness (QED) is 0.736. The van der Waals surface area contributed by atoms with Crippen molar-refractivity contribution in [2.75, 3.05) is 25.3 Å². The maximum Gasteiger partial charge on any atom is 0.221 e. The van der Waals surface area contributed by atoms with Gasteiger partial charge < -0.3 is 20.5 Å². The van der Waals surface area contributed by atoms with Crippen LogP contribution in [0.2, 0.25) is 0 Å². The minimum Gasteiger partial charge on any atom is -0.494 e. The van der Waals surface area contributed by atoms with Gasteiger partial charge in [0.1, 0.15) is 11.5 Å². The summed E-state index contributed by atoms with van der Waals surface area (Å²) in [6.45, 7) is 1.42. The molecule has 0 spiro atoms. The van der Waals surface area contributed by atoms with Crippen LogP contribution in [0.25, 0.3) is 0 Å². The molecule has 5 heteroatoms. The molecule has 0 aliphatic rings. The van der Waals surface area contributed by atoms with Crippen LogP contribution < -0.4 is 20.5 Å². The standard InChI is InChI=1S/C10H14N2O3/c1-6(13)12-8-4-7(11)9(14-2)5-10(8)15-3/h4-5H,11H2,1-3H3,(H,12,13). The molecule has 5 nitrogen and oxygen atoms in total. The van der Waals surface area contributed by atoms with Crippen molar-refractivity contribution in [3.63, 3.8) is 0 Å². The number of hydrogen-bond donors (Lipinski definition) is 2. The van der Waals surface area contributed by atoms with Crippen LogP contribution in [-0.2, 0) is 4.79 Å². The zero-order valence-corrected chi connectivity index (χ0v) is 8.96. The summed E-state index contributed by atoms with van der Waals surface area (Å²) in [6, 6.07) is 3.22. The molecule has 0 aliphatic heterocycles. The number of rotatable bonds is 3. The lowest BCUT2D eigenvalue weighted by molar-refractivity contribution is -0.114. The molecule has 0 saturated heterocycles. The van der Waals surface area contributed by atoms with Gasteiger partial charge in [0.25, 0.3) is 0 Å². The molecule has 0 fully saturated rings. The highest BCUT2D eigenvalue weighted by molar-refractivity contribution is 5.91. The van der Waals surface area contributed by atoms with Crippen LogP contribution in [0.5, 0.6) is 11.5 Å². The largest absolute Gasteiger partial charge is 0.494 e. The number of benzene rings is 1. The summed E-state index contributed by atoms with van der Waals surface area (Å²) < 4.78 is 10.1. The van der Waals surface area contributed by atoms with E-state index in [9.17, 15) is 4.79 Å². The van der Waals surface area contributed by atoms with Crippen LogP contribution in [0.1, 0.15) is 6.92 Å². The Bertz CT molecular complexity index is 377. The summed E-state index contributed by atoms with van der Waals surface area (Å²) >= 11 is 0. The SMILES string of the molecule is COc1cc(OC)c(NC(C)=O)cc1N. The maximum absolute atomic E-state index is 10.9. The van der Waals surface area contributed by atoms with Gasteiger partial charge in [0.2, 0.25) is 5.91 Å². The zero-order chi connectivity index (χ0) is 11.4. The molecule has 1 aromatic rings. The highest BCUT2D eigenvalue weighted by atomic mass is 16.5. The van der Waals surface area contributed by atoms with E-state index >= 15 is 0 Å². The van der Waals surface area contributed by atoms with Crippen molar-refractivity contribution < 1.29 is 14.3 Å². The smallest absolute Gasteiger partial charge is 0.221 e. The van der Waals surface area contributed by atoms with Crippen molar-refractivity contribution in [3.05, 3.63) is 12.1 Å². The number of ether oxygens (including phenoxy) is 2. The average molecular weight is 210 g/mol. The first-order valence-corrected chi connectivity index (χ1v) is 4.37. The van der Waals surface area contributed by atoms with Gasteiger partial charge in [-0.05, 0) is 6.07 Å². The molecule has 0 unspecified atom stereocenters. The Kier molecular flexibility index (Phi) is 3.38. The minimum absolute atomic E-state index is 0.183. The van der Waals surface area contributed by atoms with Gasteiger partial charge >= 0.3 is 0 Å². The van der Waals surface area contributed by atoms with E-state index < -0.39 is 0 Å². The van der Waals surface area contributed by atoms with Crippen molar-refractivity contribution in [1.82, 2.24) is 0 Å². The first-order valence-electron chi connectivity index (χ1n) is 4.37. The minimum atomic E-state index is -0.183. The molecular weight excluding hydrogens is 196 g/mol. The first kappa shape index (κ1) is 11.2. The van der Waals surface area contributed by atoms with E-state index in [1.54, 1.807) is 12.1 Å². The fraction of sp³-hybridized carbons (Fsp3) is 0.300. The Morgan fingerprint density at radius 3 is 2.33 bits per heavy atom. The molecule has 15 heavy (non-hydrogen) atoms. The maximum atomic E-state index is 10.9. The summed E-state index contributed by atoms with van der Waals surface area (Å²) in [5.74, 6) is 0.843. The van der Waals surface area contributed by atoms with Crippen LogP contribution in [0.3, 0.4) is 0 Å². The first-order chi connectivity index (χ1) is 7.08. The number of hydrogen-bond acceptors (Lipinski definition) is 4. The third-order valence-electron chi connectivity index (χ3n) is 1.86. The van der Waals surface area contributed by atoms with E-state index in [1.165, 1.54) is 21.1 Å². The highest BCUT2D eigenvalue weighted by Gasteiger charge is 2.09. The summed E-state index contributed by atoms with van der Waals surface area (Å²) in [5.41, 5.74) is 6.68. The third kappa shape index (κ3) is 2.52. The van der Waals surface area contributed by atoms with Gasteiger partial charge in [-0.15, -0.1) is 0 Å². The summed E-state index contributed by atoms with van der Waals surface area (Å²) in [4.78, 5) is 10.9. The number of methoxy groups -OCH3 is 2. The third-order valence-corrected chi connectivity index (χ3v) is 1.86. The molecule has 1 aromatic carbocycles. The second-order valence-corrected chi connectivity index (χ2v) is 2.98. The van der Waals surface area contributed by atoms with Crippen molar-refractivity contribution in [3.8, 4) is 11.5 Å². The summed E-state index contributed by atoms with van der Waals surface area (Å²) in [6.07, 6.45) is 0. The van der Waals surface area contributed by atoms with Crippen LogP contribution in [0, 0.1) is 0 Å². The highest BCUT2D eigenvalue weighted by Crippen LogP contribution is 2.34. The van der Waals surface area contributed by atoms with E-state index in [-0.39, 0.29) is 5.91 Å². The Hall–Kier alpha value is -1.91. The number of nitrogen functional groups attached to an aromatic ring is 1. The second-order valence-electron chi connectivity index (χ2n) is 2.98. The Labute approximate surface area is 88.2 Å². The van der Waals surface area contributed by atoms with Crippen LogP contribution in [-0.4, -0.2) is 20.1 Å². The zero-order valence-electron chi connectivity index (χ0n) is 8.96. The van der Waals surface area contributed by atoms with Gasteiger partial charge in [0, 0.05) is 13.0 Å². The van der Waals surface area contributed by atoms with Crippen LogP contribution in [0.4, 0.5) is 11.4 Å². The van der Waals surface area contributed by atoms with E-state index in [4.69, 9.17) is 15.2 Å². The van der Waals surface area contributed by atoms with Crippen LogP contribution in [0.15, 0.2) is 12.1 Å². The van der Waals surface area contributed by atoms with Crippen molar-refractivity contribution in [1.29, 1.82) is 0 Å². The fourth-order valence-electron chi connectivity index (χ4n) is 1.21. The molecule has 0 aliphatic carbocycles. The summed E-state index contributed by atoms with van der Waals surface area (Å²) in [5, 5.41) is 2.62. The van der Waals surface area contributed by atoms with Gasteiger partial charge in [-0.2, -0.15) is 0 Å². The normalized spacial score (nSPS) is 9.53. The van der Waals surface area contributed by atoms with Gasteiger partial charge in [-0.3, -0.25) is 4.79 Å².